The van der Waals surface area contributed by atoms with E-state index in [-0.39, 0.29) is 35.9 Å². The van der Waals surface area contributed by atoms with E-state index in [1.54, 1.807) is 4.68 Å². The number of benzene rings is 1. The monoisotopic (exact) mass is 426 g/mol. The molecule has 0 radical (unpaired) electrons. The third kappa shape index (κ3) is 4.34. The number of aryl methyl sites for hydroxylation is 1. The molecule has 0 amide bonds. The molecule has 30 heavy (non-hydrogen) atoms. The molecule has 2 aromatic rings. The highest BCUT2D eigenvalue weighted by atomic mass is 19.2. The van der Waals surface area contributed by atoms with Crippen molar-refractivity contribution in [2.75, 3.05) is 6.61 Å². The molecular formula is C21H28F2N2O5. The zero-order valence-electron chi connectivity index (χ0n) is 17.5. The standard InChI is InChI=1S/C21H28F2N2O5/c1-10(2)25-12(4)14(7-13-6-5-11(3)18(22)19(13)23)21(24-25)30-17-8-15(27)20(28)16(9-26)29-17/h5-6,10,15-17,20,26-28H,7-9H2,1-4H3/t15-,16-,17+,20+/m1/s1. The minimum absolute atomic E-state index is 0.00872. The van der Waals surface area contributed by atoms with Gasteiger partial charge in [-0.3, -0.25) is 4.68 Å². The SMILES string of the molecule is Cc1ccc(Cc2c(O[C@H]3C[C@@H](O)[C@H](O)[C@@H](CO)O3)nn(C(C)C)c2C)c(F)c1F. The molecule has 0 unspecified atom stereocenters. The van der Waals surface area contributed by atoms with Gasteiger partial charge in [0.15, 0.2) is 11.6 Å². The van der Waals surface area contributed by atoms with E-state index in [0.29, 0.717) is 5.56 Å². The minimum Gasteiger partial charge on any atom is -0.446 e. The zero-order valence-corrected chi connectivity index (χ0v) is 17.5. The van der Waals surface area contributed by atoms with Gasteiger partial charge in [-0.2, -0.15) is 0 Å². The molecule has 0 saturated carbocycles. The summed E-state index contributed by atoms with van der Waals surface area (Å²) in [6.45, 7) is 6.68. The quantitative estimate of drug-likeness (QED) is 0.655. The molecule has 3 N–H and O–H groups in total. The molecule has 1 aromatic heterocycles. The van der Waals surface area contributed by atoms with Gasteiger partial charge in [-0.15, -0.1) is 5.10 Å². The third-order valence-corrected chi connectivity index (χ3v) is 5.41. The highest BCUT2D eigenvalue weighted by Crippen LogP contribution is 2.31. The Bertz CT molecular complexity index is 902. The Balaban J connectivity index is 1.93. The molecule has 1 aliphatic heterocycles. The number of aliphatic hydroxyl groups is 3. The first-order chi connectivity index (χ1) is 14.1. The summed E-state index contributed by atoms with van der Waals surface area (Å²) in [7, 11) is 0. The van der Waals surface area contributed by atoms with Gasteiger partial charge in [-0.1, -0.05) is 12.1 Å². The number of aliphatic hydroxyl groups excluding tert-OH is 3. The van der Waals surface area contributed by atoms with Crippen molar-refractivity contribution in [3.63, 3.8) is 0 Å². The fourth-order valence-electron chi connectivity index (χ4n) is 3.61. The van der Waals surface area contributed by atoms with Crippen LogP contribution in [0.3, 0.4) is 0 Å². The molecule has 1 fully saturated rings. The minimum atomic E-state index is -1.23. The van der Waals surface area contributed by atoms with E-state index in [1.807, 2.05) is 20.8 Å². The van der Waals surface area contributed by atoms with Crippen LogP contribution < -0.4 is 4.74 Å². The van der Waals surface area contributed by atoms with E-state index in [4.69, 9.17) is 9.47 Å². The molecule has 1 aliphatic rings. The molecule has 2 heterocycles. The van der Waals surface area contributed by atoms with Gasteiger partial charge in [-0.05, 0) is 38.8 Å². The highest BCUT2D eigenvalue weighted by molar-refractivity contribution is 5.38. The number of rotatable bonds is 6. The second-order valence-corrected chi connectivity index (χ2v) is 7.95. The second-order valence-electron chi connectivity index (χ2n) is 7.95. The Labute approximate surface area is 173 Å². The van der Waals surface area contributed by atoms with E-state index in [2.05, 4.69) is 5.10 Å². The Morgan fingerprint density at radius 3 is 2.57 bits per heavy atom. The molecule has 7 nitrogen and oxygen atoms in total. The summed E-state index contributed by atoms with van der Waals surface area (Å²) in [5, 5.41) is 33.7. The summed E-state index contributed by atoms with van der Waals surface area (Å²) >= 11 is 0. The van der Waals surface area contributed by atoms with Gasteiger partial charge in [0.2, 0.25) is 12.2 Å². The molecule has 166 valence electrons. The molecule has 3 rings (SSSR count). The normalized spacial score (nSPS) is 24.5. The van der Waals surface area contributed by atoms with E-state index >= 15 is 0 Å². The van der Waals surface area contributed by atoms with Crippen LogP contribution in [0.25, 0.3) is 0 Å². The summed E-state index contributed by atoms with van der Waals surface area (Å²) < 4.78 is 41.6. The van der Waals surface area contributed by atoms with Crippen molar-refractivity contribution in [1.29, 1.82) is 0 Å². The average Bonchev–Trinajstić information content (AvgIpc) is 3.00. The topological polar surface area (TPSA) is 97.0 Å². The van der Waals surface area contributed by atoms with Gasteiger partial charge < -0.3 is 24.8 Å². The molecule has 9 heteroatoms. The first-order valence-corrected chi connectivity index (χ1v) is 9.94. The molecule has 0 spiro atoms. The number of hydrogen-bond donors (Lipinski definition) is 3. The summed E-state index contributed by atoms with van der Waals surface area (Å²) in [5.41, 5.74) is 1.69. The Morgan fingerprint density at radius 2 is 1.93 bits per heavy atom. The van der Waals surface area contributed by atoms with Crippen molar-refractivity contribution in [1.82, 2.24) is 9.78 Å². The summed E-state index contributed by atoms with van der Waals surface area (Å²) in [4.78, 5) is 0. The van der Waals surface area contributed by atoms with Crippen molar-refractivity contribution >= 4 is 0 Å². The lowest BCUT2D eigenvalue weighted by Crippen LogP contribution is -2.51. The van der Waals surface area contributed by atoms with Crippen LogP contribution >= 0.6 is 0 Å². The number of aromatic nitrogens is 2. The van der Waals surface area contributed by atoms with Crippen molar-refractivity contribution in [2.24, 2.45) is 0 Å². The van der Waals surface area contributed by atoms with E-state index in [0.717, 1.165) is 5.69 Å². The lowest BCUT2D eigenvalue weighted by molar-refractivity contribution is -0.230. The second kappa shape index (κ2) is 8.97. The van der Waals surface area contributed by atoms with Crippen LogP contribution in [0.2, 0.25) is 0 Å². The number of hydrogen-bond acceptors (Lipinski definition) is 6. The van der Waals surface area contributed by atoms with E-state index in [9.17, 15) is 24.1 Å². The van der Waals surface area contributed by atoms with Crippen LogP contribution in [0, 0.1) is 25.5 Å². The van der Waals surface area contributed by atoms with Gasteiger partial charge in [0.25, 0.3) is 0 Å². The first kappa shape index (κ1) is 22.6. The largest absolute Gasteiger partial charge is 0.446 e. The van der Waals surface area contributed by atoms with Gasteiger partial charge in [-0.25, -0.2) is 8.78 Å². The average molecular weight is 426 g/mol. The summed E-state index contributed by atoms with van der Waals surface area (Å²) in [5.74, 6) is -1.63. The smallest absolute Gasteiger partial charge is 0.238 e. The fourth-order valence-corrected chi connectivity index (χ4v) is 3.61. The first-order valence-electron chi connectivity index (χ1n) is 9.94. The lowest BCUT2D eigenvalue weighted by Gasteiger charge is -2.35. The predicted molar refractivity (Wildman–Crippen MR) is 104 cm³/mol. The number of halogens is 2. The van der Waals surface area contributed by atoms with Crippen LogP contribution in [-0.4, -0.2) is 56.3 Å². The summed E-state index contributed by atoms with van der Waals surface area (Å²) in [6.07, 6.45) is -4.31. The molecule has 1 saturated heterocycles. The van der Waals surface area contributed by atoms with E-state index < -0.39 is 42.8 Å². The molecule has 1 aromatic carbocycles. The van der Waals surface area contributed by atoms with Crippen LogP contribution in [0.4, 0.5) is 8.78 Å². The molecule has 0 bridgehead atoms. The summed E-state index contributed by atoms with van der Waals surface area (Å²) in [6, 6.07) is 3.04. The Kier molecular flexibility index (Phi) is 6.76. The van der Waals surface area contributed by atoms with Crippen molar-refractivity contribution in [3.05, 3.63) is 46.2 Å². The predicted octanol–water partition coefficient (Wildman–Crippen LogP) is 2.16. The maximum atomic E-state index is 14.5. The molecule has 4 atom stereocenters. The highest BCUT2D eigenvalue weighted by Gasteiger charge is 2.38. The fraction of sp³-hybridized carbons (Fsp3) is 0.571. The Morgan fingerprint density at radius 1 is 1.23 bits per heavy atom. The van der Waals surface area contributed by atoms with E-state index in [1.165, 1.54) is 19.1 Å². The van der Waals surface area contributed by atoms with Crippen molar-refractivity contribution < 1.29 is 33.6 Å². The van der Waals surface area contributed by atoms with Crippen LogP contribution in [0.5, 0.6) is 5.88 Å². The van der Waals surface area contributed by atoms with Crippen LogP contribution in [-0.2, 0) is 11.2 Å². The maximum absolute atomic E-state index is 14.5. The molecular weight excluding hydrogens is 398 g/mol. The number of ether oxygens (including phenoxy) is 2. The molecule has 0 aliphatic carbocycles. The van der Waals surface area contributed by atoms with Crippen LogP contribution in [0.15, 0.2) is 12.1 Å². The third-order valence-electron chi connectivity index (χ3n) is 5.41. The van der Waals surface area contributed by atoms with Gasteiger partial charge in [0, 0.05) is 30.1 Å². The maximum Gasteiger partial charge on any atom is 0.238 e. The van der Waals surface area contributed by atoms with Gasteiger partial charge >= 0.3 is 0 Å². The Hall–Kier alpha value is -2.07. The number of nitrogens with zero attached hydrogens (tertiary/aromatic N) is 2. The van der Waals surface area contributed by atoms with Gasteiger partial charge in [0.1, 0.15) is 12.2 Å². The van der Waals surface area contributed by atoms with Crippen molar-refractivity contribution in [2.45, 2.75) is 71.2 Å². The van der Waals surface area contributed by atoms with Gasteiger partial charge in [0.05, 0.1) is 12.7 Å². The van der Waals surface area contributed by atoms with Crippen LogP contribution in [0.1, 0.15) is 48.7 Å². The van der Waals surface area contributed by atoms with Crippen molar-refractivity contribution in [3.8, 4) is 5.88 Å². The lowest BCUT2D eigenvalue weighted by atomic mass is 10.0. The zero-order chi connectivity index (χ0) is 22.2.